The van der Waals surface area contributed by atoms with Crippen LogP contribution in [0.15, 0.2) is 16.6 Å². The van der Waals surface area contributed by atoms with Gasteiger partial charge in [-0.05, 0) is 45.7 Å². The highest BCUT2D eigenvalue weighted by atomic mass is 79.9. The number of methoxy groups -OCH3 is 2. The van der Waals surface area contributed by atoms with E-state index in [1.807, 2.05) is 20.8 Å². The molecule has 0 aliphatic carbocycles. The van der Waals surface area contributed by atoms with E-state index in [1.165, 1.54) is 14.2 Å². The minimum Gasteiger partial charge on any atom is -0.496 e. The molecule has 2 rings (SSSR count). The third kappa shape index (κ3) is 5.76. The van der Waals surface area contributed by atoms with Gasteiger partial charge in [0.2, 0.25) is 0 Å². The molecule has 27 heavy (non-hydrogen) atoms. The average Bonchev–Trinajstić information content (AvgIpc) is 2.58. The van der Waals surface area contributed by atoms with E-state index < -0.39 is 11.7 Å². The molecule has 1 aromatic carbocycles. The van der Waals surface area contributed by atoms with Crippen molar-refractivity contribution in [2.75, 3.05) is 27.3 Å². The van der Waals surface area contributed by atoms with E-state index in [9.17, 15) is 9.59 Å². The molecule has 0 spiro atoms. The minimum absolute atomic E-state index is 0.162. The van der Waals surface area contributed by atoms with Crippen molar-refractivity contribution in [2.24, 2.45) is 0 Å². The van der Waals surface area contributed by atoms with Crippen LogP contribution in [-0.2, 0) is 4.74 Å². The van der Waals surface area contributed by atoms with Gasteiger partial charge in [-0.1, -0.05) is 15.9 Å². The van der Waals surface area contributed by atoms with Crippen molar-refractivity contribution in [1.29, 1.82) is 0 Å². The summed E-state index contributed by atoms with van der Waals surface area (Å²) in [5.74, 6) is 0.689. The number of carbonyl (C=O) groups excluding carboxylic acids is 2. The van der Waals surface area contributed by atoms with E-state index >= 15 is 0 Å². The zero-order chi connectivity index (χ0) is 20.2. The maximum absolute atomic E-state index is 13.1. The van der Waals surface area contributed by atoms with Gasteiger partial charge in [-0.25, -0.2) is 4.79 Å². The highest BCUT2D eigenvalue weighted by molar-refractivity contribution is 9.10. The number of ether oxygens (including phenoxy) is 3. The van der Waals surface area contributed by atoms with Crippen LogP contribution in [0.5, 0.6) is 11.5 Å². The first-order valence-corrected chi connectivity index (χ1v) is 9.64. The molecule has 1 heterocycles. The topological polar surface area (TPSA) is 77.1 Å². The molecule has 1 N–H and O–H groups in total. The van der Waals surface area contributed by atoms with Gasteiger partial charge in [0.1, 0.15) is 22.7 Å². The molecule has 0 bridgehead atoms. The fourth-order valence-corrected chi connectivity index (χ4v) is 3.42. The van der Waals surface area contributed by atoms with Crippen molar-refractivity contribution in [3.63, 3.8) is 0 Å². The Bertz CT molecular complexity index is 677. The van der Waals surface area contributed by atoms with Gasteiger partial charge in [-0.2, -0.15) is 0 Å². The molecule has 2 amide bonds. The van der Waals surface area contributed by atoms with Crippen LogP contribution in [0.25, 0.3) is 0 Å². The summed E-state index contributed by atoms with van der Waals surface area (Å²) in [4.78, 5) is 26.9. The summed E-state index contributed by atoms with van der Waals surface area (Å²) in [5, 5.41) is 2.85. The molecular formula is C19H27BrN2O5. The monoisotopic (exact) mass is 442 g/mol. The van der Waals surface area contributed by atoms with E-state index in [2.05, 4.69) is 21.2 Å². The van der Waals surface area contributed by atoms with E-state index in [-0.39, 0.29) is 11.9 Å². The molecule has 0 saturated carbocycles. The number of hydrogen-bond acceptors (Lipinski definition) is 5. The van der Waals surface area contributed by atoms with Crippen molar-refractivity contribution < 1.29 is 23.8 Å². The Hall–Kier alpha value is -1.96. The highest BCUT2D eigenvalue weighted by Gasteiger charge is 2.30. The van der Waals surface area contributed by atoms with E-state index in [0.29, 0.717) is 30.2 Å². The first-order chi connectivity index (χ1) is 12.6. The van der Waals surface area contributed by atoms with Crippen molar-refractivity contribution >= 4 is 27.9 Å². The SMILES string of the molecule is COc1cc(Br)cc(OC)c1C(=O)N1CCCC(NC(=O)OC(C)(C)C)C1. The molecule has 150 valence electrons. The summed E-state index contributed by atoms with van der Waals surface area (Å²) in [6.45, 7) is 6.45. The number of hydrogen-bond donors (Lipinski definition) is 1. The van der Waals surface area contributed by atoms with Crippen LogP contribution in [-0.4, -0.2) is 55.9 Å². The number of benzene rings is 1. The second-order valence-corrected chi connectivity index (χ2v) is 8.34. The molecule has 1 fully saturated rings. The fraction of sp³-hybridized carbons (Fsp3) is 0.579. The van der Waals surface area contributed by atoms with E-state index in [0.717, 1.165) is 17.3 Å². The second kappa shape index (κ2) is 8.82. The normalized spacial score (nSPS) is 17.3. The predicted octanol–water partition coefficient (Wildman–Crippen LogP) is 3.60. The first-order valence-electron chi connectivity index (χ1n) is 8.85. The Kier molecular flexibility index (Phi) is 6.97. The van der Waals surface area contributed by atoms with Crippen LogP contribution >= 0.6 is 15.9 Å². The van der Waals surface area contributed by atoms with Crippen molar-refractivity contribution in [2.45, 2.75) is 45.3 Å². The molecule has 0 radical (unpaired) electrons. The third-order valence-corrected chi connectivity index (χ3v) is 4.57. The van der Waals surface area contributed by atoms with E-state index in [1.54, 1.807) is 17.0 Å². The number of nitrogens with one attached hydrogen (secondary N) is 1. The molecule has 7 nitrogen and oxygen atoms in total. The summed E-state index contributed by atoms with van der Waals surface area (Å²) in [7, 11) is 3.03. The number of piperidine rings is 1. The summed E-state index contributed by atoms with van der Waals surface area (Å²) in [6.07, 6.45) is 1.10. The van der Waals surface area contributed by atoms with E-state index in [4.69, 9.17) is 14.2 Å². The van der Waals surface area contributed by atoms with Gasteiger partial charge < -0.3 is 24.4 Å². The Morgan fingerprint density at radius 1 is 1.19 bits per heavy atom. The smallest absolute Gasteiger partial charge is 0.407 e. The second-order valence-electron chi connectivity index (χ2n) is 7.42. The minimum atomic E-state index is -0.563. The molecule has 0 aromatic heterocycles. The molecule has 1 aromatic rings. The summed E-state index contributed by atoms with van der Waals surface area (Å²) >= 11 is 3.39. The van der Waals surface area contributed by atoms with Crippen molar-refractivity contribution in [3.05, 3.63) is 22.2 Å². The van der Waals surface area contributed by atoms with Gasteiger partial charge in [0.25, 0.3) is 5.91 Å². The molecule has 1 aliphatic heterocycles. The van der Waals surface area contributed by atoms with Crippen LogP contribution in [0.4, 0.5) is 4.79 Å². The maximum Gasteiger partial charge on any atom is 0.407 e. The Labute approximate surface area is 168 Å². The van der Waals surface area contributed by atoms with Crippen molar-refractivity contribution in [3.8, 4) is 11.5 Å². The van der Waals surface area contributed by atoms with Gasteiger partial charge in [-0.3, -0.25) is 4.79 Å². The zero-order valence-electron chi connectivity index (χ0n) is 16.4. The fourth-order valence-electron chi connectivity index (χ4n) is 3.00. The molecule has 1 aliphatic rings. The van der Waals surface area contributed by atoms with Crippen LogP contribution in [0.3, 0.4) is 0 Å². The van der Waals surface area contributed by atoms with Crippen molar-refractivity contribution in [1.82, 2.24) is 10.2 Å². The lowest BCUT2D eigenvalue weighted by molar-refractivity contribution is 0.0451. The van der Waals surface area contributed by atoms with Crippen LogP contribution < -0.4 is 14.8 Å². The third-order valence-electron chi connectivity index (χ3n) is 4.11. The zero-order valence-corrected chi connectivity index (χ0v) is 18.0. The number of rotatable bonds is 4. The van der Waals surface area contributed by atoms with Gasteiger partial charge in [0.05, 0.1) is 14.2 Å². The summed E-state index contributed by atoms with van der Waals surface area (Å²) < 4.78 is 16.8. The average molecular weight is 443 g/mol. The number of carbonyl (C=O) groups is 2. The van der Waals surface area contributed by atoms with Gasteiger partial charge in [0.15, 0.2) is 0 Å². The number of nitrogens with zero attached hydrogens (tertiary/aromatic N) is 1. The quantitative estimate of drug-likeness (QED) is 0.770. The van der Waals surface area contributed by atoms with Gasteiger partial charge in [-0.15, -0.1) is 0 Å². The number of halogens is 1. The van der Waals surface area contributed by atoms with Gasteiger partial charge >= 0.3 is 6.09 Å². The maximum atomic E-state index is 13.1. The molecule has 1 unspecified atom stereocenters. The molecule has 8 heteroatoms. The summed E-state index contributed by atoms with van der Waals surface area (Å²) in [6, 6.07) is 3.30. The summed E-state index contributed by atoms with van der Waals surface area (Å²) in [5.41, 5.74) is -0.187. The number of likely N-dealkylation sites (tertiary alicyclic amines) is 1. The Morgan fingerprint density at radius 2 is 1.78 bits per heavy atom. The number of alkyl carbamates (subject to hydrolysis) is 1. The van der Waals surface area contributed by atoms with Crippen LogP contribution in [0.2, 0.25) is 0 Å². The Morgan fingerprint density at radius 3 is 2.30 bits per heavy atom. The lowest BCUT2D eigenvalue weighted by Gasteiger charge is -2.34. The standard InChI is InChI=1S/C19H27BrN2O5/c1-19(2,3)27-18(24)21-13-7-6-8-22(11-13)17(23)16-14(25-4)9-12(20)10-15(16)26-5/h9-10,13H,6-8,11H2,1-5H3,(H,21,24). The first kappa shape index (κ1) is 21.3. The lowest BCUT2D eigenvalue weighted by Crippen LogP contribution is -2.50. The highest BCUT2D eigenvalue weighted by Crippen LogP contribution is 2.34. The Balaban J connectivity index is 2.14. The molecular weight excluding hydrogens is 416 g/mol. The lowest BCUT2D eigenvalue weighted by atomic mass is 10.0. The predicted molar refractivity (Wildman–Crippen MR) is 106 cm³/mol. The number of amides is 2. The molecule has 1 saturated heterocycles. The van der Waals surface area contributed by atoms with Gasteiger partial charge in [0, 0.05) is 23.6 Å². The van der Waals surface area contributed by atoms with Crippen LogP contribution in [0, 0.1) is 0 Å². The van der Waals surface area contributed by atoms with Crippen LogP contribution in [0.1, 0.15) is 44.0 Å². The largest absolute Gasteiger partial charge is 0.496 e. The molecule has 1 atom stereocenters.